The van der Waals surface area contributed by atoms with Gasteiger partial charge >= 0.3 is 0 Å². The van der Waals surface area contributed by atoms with Gasteiger partial charge in [0.05, 0.1) is 0 Å². The third kappa shape index (κ3) is 2.77. The molecule has 2 aromatic carbocycles. The summed E-state index contributed by atoms with van der Waals surface area (Å²) in [6, 6.07) is 17.6. The molecule has 2 unspecified atom stereocenters. The first-order chi connectivity index (χ1) is 9.78. The van der Waals surface area contributed by atoms with Crippen molar-refractivity contribution >= 4 is 11.8 Å². The van der Waals surface area contributed by atoms with Crippen molar-refractivity contribution in [2.75, 3.05) is 0 Å². The molecule has 2 N–H and O–H groups in total. The smallest absolute Gasteiger partial charge is 0.0422 e. The molecule has 20 heavy (non-hydrogen) atoms. The molecule has 0 fully saturated rings. The third-order valence-corrected chi connectivity index (χ3v) is 5.39. The molecule has 2 aromatic rings. The Morgan fingerprint density at radius 1 is 1.15 bits per heavy atom. The Kier molecular flexibility index (Phi) is 4.13. The monoisotopic (exact) mass is 283 g/mol. The molecule has 0 saturated heterocycles. The van der Waals surface area contributed by atoms with Gasteiger partial charge in [-0.3, -0.25) is 0 Å². The lowest BCUT2D eigenvalue weighted by Crippen LogP contribution is -2.23. The second-order valence-corrected chi connectivity index (χ2v) is 6.77. The quantitative estimate of drug-likeness (QED) is 0.902. The first kappa shape index (κ1) is 13.7. The topological polar surface area (TPSA) is 26.0 Å². The average Bonchev–Trinajstić information content (AvgIpc) is 2.91. The summed E-state index contributed by atoms with van der Waals surface area (Å²) in [6.45, 7) is 2.21. The molecule has 0 bridgehead atoms. The molecule has 0 amide bonds. The standard InChI is InChI=1S/C18H21NS/c1-2-5-13-8-10-14(11-9-13)18(19)17-12-15-6-3-4-7-16(15)20-17/h3-4,6-11,17-18H,2,5,12,19H2,1H3. The van der Waals surface area contributed by atoms with Crippen molar-refractivity contribution in [3.05, 3.63) is 65.2 Å². The van der Waals surface area contributed by atoms with E-state index in [0.717, 1.165) is 12.8 Å². The highest BCUT2D eigenvalue weighted by molar-refractivity contribution is 8.00. The molecule has 3 rings (SSSR count). The van der Waals surface area contributed by atoms with Crippen molar-refractivity contribution in [1.82, 2.24) is 0 Å². The fourth-order valence-electron chi connectivity index (χ4n) is 2.82. The molecule has 0 spiro atoms. The van der Waals surface area contributed by atoms with Crippen LogP contribution in [0.25, 0.3) is 0 Å². The van der Waals surface area contributed by atoms with Crippen LogP contribution in [0, 0.1) is 0 Å². The zero-order chi connectivity index (χ0) is 13.9. The molecule has 0 saturated carbocycles. The van der Waals surface area contributed by atoms with Crippen LogP contribution in [-0.4, -0.2) is 5.25 Å². The van der Waals surface area contributed by atoms with Crippen LogP contribution in [0.1, 0.15) is 36.1 Å². The minimum Gasteiger partial charge on any atom is -0.323 e. The summed E-state index contributed by atoms with van der Waals surface area (Å²) in [6.07, 6.45) is 3.43. The van der Waals surface area contributed by atoms with Gasteiger partial charge in [-0.1, -0.05) is 55.8 Å². The molecule has 0 radical (unpaired) electrons. The van der Waals surface area contributed by atoms with E-state index in [-0.39, 0.29) is 6.04 Å². The van der Waals surface area contributed by atoms with Crippen LogP contribution in [0.3, 0.4) is 0 Å². The fourth-order valence-corrected chi connectivity index (χ4v) is 4.17. The van der Waals surface area contributed by atoms with E-state index in [1.165, 1.54) is 28.0 Å². The lowest BCUT2D eigenvalue weighted by Gasteiger charge is -2.19. The Bertz CT molecular complexity index is 551. The Labute approximate surface area is 125 Å². The Balaban J connectivity index is 1.72. The van der Waals surface area contributed by atoms with Gasteiger partial charge < -0.3 is 5.73 Å². The molecule has 1 nitrogen and oxygen atoms in total. The molecule has 1 aliphatic heterocycles. The first-order valence-electron chi connectivity index (χ1n) is 7.37. The van der Waals surface area contributed by atoms with Crippen LogP contribution in [0.4, 0.5) is 0 Å². The zero-order valence-electron chi connectivity index (χ0n) is 11.9. The van der Waals surface area contributed by atoms with Crippen LogP contribution in [0.2, 0.25) is 0 Å². The van der Waals surface area contributed by atoms with Gasteiger partial charge in [0.15, 0.2) is 0 Å². The van der Waals surface area contributed by atoms with Crippen LogP contribution >= 0.6 is 11.8 Å². The number of hydrogen-bond donors (Lipinski definition) is 1. The second-order valence-electron chi connectivity index (χ2n) is 5.49. The van der Waals surface area contributed by atoms with E-state index in [2.05, 4.69) is 55.5 Å². The Morgan fingerprint density at radius 2 is 1.90 bits per heavy atom. The molecule has 2 atom stereocenters. The summed E-state index contributed by atoms with van der Waals surface area (Å²) in [7, 11) is 0. The van der Waals surface area contributed by atoms with Crippen molar-refractivity contribution in [3.63, 3.8) is 0 Å². The largest absolute Gasteiger partial charge is 0.323 e. The predicted octanol–water partition coefficient (Wildman–Crippen LogP) is 4.36. The number of fused-ring (bicyclic) bond motifs is 1. The molecular weight excluding hydrogens is 262 g/mol. The van der Waals surface area contributed by atoms with Crippen molar-refractivity contribution < 1.29 is 0 Å². The van der Waals surface area contributed by atoms with E-state index >= 15 is 0 Å². The van der Waals surface area contributed by atoms with Gasteiger partial charge in [-0.15, -0.1) is 11.8 Å². The summed E-state index contributed by atoms with van der Waals surface area (Å²) in [5.74, 6) is 0. The van der Waals surface area contributed by atoms with Gasteiger partial charge in [-0.05, 0) is 35.6 Å². The number of benzene rings is 2. The lowest BCUT2D eigenvalue weighted by atomic mass is 9.98. The number of thioether (sulfide) groups is 1. The lowest BCUT2D eigenvalue weighted by molar-refractivity contribution is 0.677. The molecular formula is C18H21NS. The zero-order valence-corrected chi connectivity index (χ0v) is 12.7. The van der Waals surface area contributed by atoms with E-state index in [1.54, 1.807) is 0 Å². The summed E-state index contributed by atoms with van der Waals surface area (Å²) in [5, 5.41) is 0.462. The summed E-state index contributed by atoms with van der Waals surface area (Å²) >= 11 is 1.93. The van der Waals surface area contributed by atoms with Crippen LogP contribution < -0.4 is 5.73 Å². The normalized spacial score (nSPS) is 18.8. The van der Waals surface area contributed by atoms with Gasteiger partial charge in [-0.25, -0.2) is 0 Å². The van der Waals surface area contributed by atoms with E-state index in [4.69, 9.17) is 5.73 Å². The van der Waals surface area contributed by atoms with Gasteiger partial charge in [0.2, 0.25) is 0 Å². The average molecular weight is 283 g/mol. The SMILES string of the molecule is CCCc1ccc(C(N)C2Cc3ccccc3S2)cc1. The summed E-state index contributed by atoms with van der Waals surface area (Å²) in [4.78, 5) is 1.40. The number of hydrogen-bond acceptors (Lipinski definition) is 2. The number of nitrogens with two attached hydrogens (primary N) is 1. The second kappa shape index (κ2) is 6.02. The van der Waals surface area contributed by atoms with E-state index in [9.17, 15) is 0 Å². The molecule has 1 heterocycles. The van der Waals surface area contributed by atoms with Crippen molar-refractivity contribution in [2.24, 2.45) is 5.73 Å². The molecule has 1 aliphatic rings. The molecule has 104 valence electrons. The summed E-state index contributed by atoms with van der Waals surface area (Å²) < 4.78 is 0. The third-order valence-electron chi connectivity index (χ3n) is 3.98. The number of aryl methyl sites for hydroxylation is 1. The minimum absolute atomic E-state index is 0.114. The maximum absolute atomic E-state index is 6.48. The Hall–Kier alpha value is -1.25. The summed E-state index contributed by atoms with van der Waals surface area (Å²) in [5.41, 5.74) is 10.6. The molecule has 2 heteroatoms. The van der Waals surface area contributed by atoms with Crippen molar-refractivity contribution in [1.29, 1.82) is 0 Å². The van der Waals surface area contributed by atoms with Crippen molar-refractivity contribution in [3.8, 4) is 0 Å². The minimum atomic E-state index is 0.114. The highest BCUT2D eigenvalue weighted by Gasteiger charge is 2.27. The van der Waals surface area contributed by atoms with Gasteiger partial charge in [0, 0.05) is 16.2 Å². The van der Waals surface area contributed by atoms with Gasteiger partial charge in [0.25, 0.3) is 0 Å². The fraction of sp³-hybridized carbons (Fsp3) is 0.333. The van der Waals surface area contributed by atoms with E-state index in [0.29, 0.717) is 5.25 Å². The van der Waals surface area contributed by atoms with Crippen LogP contribution in [0.15, 0.2) is 53.4 Å². The molecule has 0 aromatic heterocycles. The number of rotatable bonds is 4. The first-order valence-corrected chi connectivity index (χ1v) is 8.25. The van der Waals surface area contributed by atoms with Gasteiger partial charge in [-0.2, -0.15) is 0 Å². The highest BCUT2D eigenvalue weighted by Crippen LogP contribution is 2.41. The van der Waals surface area contributed by atoms with E-state index in [1.807, 2.05) is 11.8 Å². The molecule has 0 aliphatic carbocycles. The Morgan fingerprint density at radius 3 is 2.60 bits per heavy atom. The maximum Gasteiger partial charge on any atom is 0.0422 e. The van der Waals surface area contributed by atoms with Crippen LogP contribution in [0.5, 0.6) is 0 Å². The highest BCUT2D eigenvalue weighted by atomic mass is 32.2. The van der Waals surface area contributed by atoms with Gasteiger partial charge in [0.1, 0.15) is 0 Å². The predicted molar refractivity (Wildman–Crippen MR) is 87.2 cm³/mol. The van der Waals surface area contributed by atoms with E-state index < -0.39 is 0 Å². The van der Waals surface area contributed by atoms with Crippen LogP contribution in [-0.2, 0) is 12.8 Å². The van der Waals surface area contributed by atoms with Crippen molar-refractivity contribution in [2.45, 2.75) is 42.4 Å². The maximum atomic E-state index is 6.48.